The van der Waals surface area contributed by atoms with Crippen LogP contribution < -0.4 is 0 Å². The van der Waals surface area contributed by atoms with Gasteiger partial charge in [0.2, 0.25) is 5.54 Å². The molecule has 1 unspecified atom stereocenters. The monoisotopic (exact) mass is 275 g/mol. The van der Waals surface area contributed by atoms with Gasteiger partial charge in [-0.2, -0.15) is 13.2 Å². The van der Waals surface area contributed by atoms with E-state index in [1.54, 1.807) is 0 Å². The van der Waals surface area contributed by atoms with Gasteiger partial charge in [-0.1, -0.05) is 0 Å². The quantitative estimate of drug-likeness (QED) is 0.675. The molecule has 1 atom stereocenters. The van der Waals surface area contributed by atoms with Crippen molar-refractivity contribution >= 4 is 11.8 Å². The van der Waals surface area contributed by atoms with E-state index in [0.717, 1.165) is 18.1 Å². The smallest absolute Gasteiger partial charge is 0.421 e. The van der Waals surface area contributed by atoms with Crippen molar-refractivity contribution in [3.63, 3.8) is 0 Å². The van der Waals surface area contributed by atoms with Crippen LogP contribution in [-0.4, -0.2) is 49.1 Å². The summed E-state index contributed by atoms with van der Waals surface area (Å²) >= 11 is 0. The molecule has 19 heavy (non-hydrogen) atoms. The summed E-state index contributed by atoms with van der Waals surface area (Å²) in [6.45, 7) is -0.119. The standard InChI is InChI=1S/C12H12F3NO3/c1-16-6-8-4-9(17)3-7(8)5-11(16,10(18)19-2)12(13,14)15/h4-5H,3,6H2,1-2H3. The lowest BCUT2D eigenvalue weighted by atomic mass is 9.87. The fourth-order valence-electron chi connectivity index (χ4n) is 2.46. The fourth-order valence-corrected chi connectivity index (χ4v) is 2.46. The third kappa shape index (κ3) is 1.88. The zero-order valence-electron chi connectivity index (χ0n) is 10.4. The third-order valence-electron chi connectivity index (χ3n) is 3.43. The molecule has 0 aromatic carbocycles. The highest BCUT2D eigenvalue weighted by Crippen LogP contribution is 2.43. The molecule has 2 rings (SSSR count). The number of rotatable bonds is 1. The molecule has 0 aromatic heterocycles. The van der Waals surface area contributed by atoms with Crippen LogP contribution >= 0.6 is 0 Å². The number of ether oxygens (including phenoxy) is 1. The number of halogens is 3. The highest BCUT2D eigenvalue weighted by Gasteiger charge is 2.64. The van der Waals surface area contributed by atoms with Crippen LogP contribution in [0, 0.1) is 0 Å². The first-order valence-electron chi connectivity index (χ1n) is 5.54. The average molecular weight is 275 g/mol. The van der Waals surface area contributed by atoms with Gasteiger partial charge in [0.05, 0.1) is 7.11 Å². The number of hydrogen-bond donors (Lipinski definition) is 0. The molecule has 104 valence electrons. The highest BCUT2D eigenvalue weighted by molar-refractivity contribution is 5.98. The van der Waals surface area contributed by atoms with Crippen LogP contribution in [0.2, 0.25) is 0 Å². The third-order valence-corrected chi connectivity index (χ3v) is 3.43. The molecule has 0 N–H and O–H groups in total. The molecule has 0 saturated carbocycles. The normalized spacial score (nSPS) is 27.7. The topological polar surface area (TPSA) is 46.6 Å². The molecule has 0 radical (unpaired) electrons. The van der Waals surface area contributed by atoms with Gasteiger partial charge in [-0.15, -0.1) is 0 Å². The van der Waals surface area contributed by atoms with Crippen molar-refractivity contribution in [3.8, 4) is 0 Å². The van der Waals surface area contributed by atoms with Gasteiger partial charge in [-0.25, -0.2) is 4.79 Å². The minimum absolute atomic E-state index is 0.0992. The second-order valence-electron chi connectivity index (χ2n) is 4.59. The lowest BCUT2D eigenvalue weighted by Gasteiger charge is -2.41. The number of alkyl halides is 3. The molecule has 0 fully saturated rings. The summed E-state index contributed by atoms with van der Waals surface area (Å²) in [5, 5.41) is 0. The minimum Gasteiger partial charge on any atom is -0.467 e. The van der Waals surface area contributed by atoms with Crippen molar-refractivity contribution in [1.29, 1.82) is 0 Å². The van der Waals surface area contributed by atoms with Crippen molar-refractivity contribution in [1.82, 2.24) is 4.90 Å². The van der Waals surface area contributed by atoms with Crippen LogP contribution in [0.1, 0.15) is 6.42 Å². The molecule has 1 aliphatic heterocycles. The predicted molar refractivity (Wildman–Crippen MR) is 59.2 cm³/mol. The van der Waals surface area contributed by atoms with E-state index in [9.17, 15) is 22.8 Å². The summed E-state index contributed by atoms with van der Waals surface area (Å²) in [5.74, 6) is -1.65. The summed E-state index contributed by atoms with van der Waals surface area (Å²) in [4.78, 5) is 23.8. The summed E-state index contributed by atoms with van der Waals surface area (Å²) in [6.07, 6.45) is -2.80. The number of ketones is 1. The molecule has 2 aliphatic rings. The highest BCUT2D eigenvalue weighted by atomic mass is 19.4. The number of methoxy groups -OCH3 is 1. The van der Waals surface area contributed by atoms with Gasteiger partial charge in [0.25, 0.3) is 0 Å². The minimum atomic E-state index is -4.82. The molecule has 4 nitrogen and oxygen atoms in total. The lowest BCUT2D eigenvalue weighted by molar-refractivity contribution is -0.222. The Bertz CT molecular complexity index is 507. The van der Waals surface area contributed by atoms with Crippen molar-refractivity contribution in [3.05, 3.63) is 23.3 Å². The molecule has 0 saturated heterocycles. The Balaban J connectivity index is 2.59. The van der Waals surface area contributed by atoms with E-state index >= 15 is 0 Å². The van der Waals surface area contributed by atoms with Gasteiger partial charge in [0.15, 0.2) is 5.78 Å². The number of allylic oxidation sites excluding steroid dienone is 1. The SMILES string of the molecule is COC(=O)C1(C(F)(F)F)C=C2CC(=O)C=C2CN1C. The van der Waals surface area contributed by atoms with Gasteiger partial charge in [0.1, 0.15) is 0 Å². The summed E-state index contributed by atoms with van der Waals surface area (Å²) in [7, 11) is 2.09. The molecule has 7 heteroatoms. The number of fused-ring (bicyclic) bond motifs is 1. The number of esters is 1. The van der Waals surface area contributed by atoms with Gasteiger partial charge in [0, 0.05) is 13.0 Å². The molecular weight excluding hydrogens is 263 g/mol. The number of nitrogens with zero attached hydrogens (tertiary/aromatic N) is 1. The maximum absolute atomic E-state index is 13.3. The van der Waals surface area contributed by atoms with Gasteiger partial charge >= 0.3 is 12.1 Å². The zero-order chi connectivity index (χ0) is 14.4. The van der Waals surface area contributed by atoms with Crippen LogP contribution in [0.25, 0.3) is 0 Å². The summed E-state index contributed by atoms with van der Waals surface area (Å²) in [6, 6.07) is 0. The van der Waals surface area contributed by atoms with Gasteiger partial charge in [-0.05, 0) is 30.3 Å². The Morgan fingerprint density at radius 2 is 2.05 bits per heavy atom. The predicted octanol–water partition coefficient (Wildman–Crippen LogP) is 1.23. The first kappa shape index (κ1) is 13.8. The van der Waals surface area contributed by atoms with E-state index in [1.807, 2.05) is 0 Å². The number of carbonyl (C=O) groups excluding carboxylic acids is 2. The average Bonchev–Trinajstić information content (AvgIpc) is 2.64. The Hall–Kier alpha value is -1.63. The van der Waals surface area contributed by atoms with Crippen LogP contribution in [0.5, 0.6) is 0 Å². The Morgan fingerprint density at radius 1 is 1.42 bits per heavy atom. The Labute approximate surface area is 107 Å². The van der Waals surface area contributed by atoms with Crippen molar-refractivity contribution in [2.24, 2.45) is 0 Å². The number of likely N-dealkylation sites (N-methyl/N-ethyl adjacent to an activating group) is 1. The zero-order valence-corrected chi connectivity index (χ0v) is 10.4. The van der Waals surface area contributed by atoms with E-state index in [1.165, 1.54) is 13.1 Å². The molecule has 0 spiro atoms. The molecule has 0 bridgehead atoms. The molecule has 1 aliphatic carbocycles. The number of carbonyl (C=O) groups is 2. The maximum Gasteiger partial charge on any atom is 0.421 e. The van der Waals surface area contributed by atoms with Crippen LogP contribution in [0.3, 0.4) is 0 Å². The van der Waals surface area contributed by atoms with E-state index < -0.39 is 17.7 Å². The van der Waals surface area contributed by atoms with Crippen LogP contribution in [0.15, 0.2) is 23.3 Å². The fraction of sp³-hybridized carbons (Fsp3) is 0.500. The summed E-state index contributed by atoms with van der Waals surface area (Å²) < 4.78 is 44.4. The lowest BCUT2D eigenvalue weighted by Crippen LogP contribution is -2.63. The van der Waals surface area contributed by atoms with Crippen molar-refractivity contribution < 1.29 is 27.5 Å². The second-order valence-corrected chi connectivity index (χ2v) is 4.59. The molecule has 1 heterocycles. The van der Waals surface area contributed by atoms with Gasteiger partial charge in [-0.3, -0.25) is 9.69 Å². The first-order valence-corrected chi connectivity index (χ1v) is 5.54. The second kappa shape index (κ2) is 4.19. The van der Waals surface area contributed by atoms with Crippen molar-refractivity contribution in [2.75, 3.05) is 20.7 Å². The van der Waals surface area contributed by atoms with Crippen LogP contribution in [-0.2, 0) is 14.3 Å². The van der Waals surface area contributed by atoms with E-state index in [0.29, 0.717) is 5.57 Å². The summed E-state index contributed by atoms with van der Waals surface area (Å²) in [5.41, 5.74) is -2.04. The first-order chi connectivity index (χ1) is 8.72. The number of hydrogen-bond acceptors (Lipinski definition) is 4. The Morgan fingerprint density at radius 3 is 2.58 bits per heavy atom. The van der Waals surface area contributed by atoms with Crippen LogP contribution in [0.4, 0.5) is 13.2 Å². The molecule has 0 aromatic rings. The largest absolute Gasteiger partial charge is 0.467 e. The van der Waals surface area contributed by atoms with E-state index in [4.69, 9.17) is 0 Å². The van der Waals surface area contributed by atoms with Gasteiger partial charge < -0.3 is 4.74 Å². The van der Waals surface area contributed by atoms with E-state index in [-0.39, 0.29) is 24.3 Å². The molecular formula is C12H12F3NO3. The Kier molecular flexibility index (Phi) is 3.04. The molecule has 0 amide bonds. The van der Waals surface area contributed by atoms with E-state index in [2.05, 4.69) is 4.74 Å². The van der Waals surface area contributed by atoms with Crippen molar-refractivity contribution in [2.45, 2.75) is 18.1 Å². The maximum atomic E-state index is 13.3.